The molecule has 1 aliphatic heterocycles. The molecule has 3 rings (SSSR count). The summed E-state index contributed by atoms with van der Waals surface area (Å²) in [6.07, 6.45) is 0.436. The molecule has 0 aromatic heterocycles. The van der Waals surface area contributed by atoms with E-state index >= 15 is 0 Å². The molecule has 3 atom stereocenters. The number of hydrogen-bond donors (Lipinski definition) is 4. The van der Waals surface area contributed by atoms with Crippen LogP contribution >= 0.6 is 0 Å². The Labute approximate surface area is 200 Å². The molecule has 5 N–H and O–H groups in total. The summed E-state index contributed by atoms with van der Waals surface area (Å²) in [7, 11) is 0. The maximum Gasteiger partial charge on any atom is 0.258 e. The van der Waals surface area contributed by atoms with Crippen LogP contribution in [-0.2, 0) is 25.6 Å². The van der Waals surface area contributed by atoms with E-state index in [1.54, 1.807) is 6.07 Å². The number of ether oxygens (including phenoxy) is 1. The summed E-state index contributed by atoms with van der Waals surface area (Å²) in [6, 6.07) is 8.19. The van der Waals surface area contributed by atoms with Crippen LogP contribution in [0.15, 0.2) is 48.5 Å². The van der Waals surface area contributed by atoms with Gasteiger partial charge in [-0.15, -0.1) is 0 Å². The third kappa shape index (κ3) is 7.76. The van der Waals surface area contributed by atoms with Gasteiger partial charge >= 0.3 is 0 Å². The van der Waals surface area contributed by atoms with Gasteiger partial charge < -0.3 is 26.4 Å². The first-order valence-electron chi connectivity index (χ1n) is 11.0. The summed E-state index contributed by atoms with van der Waals surface area (Å²) in [4.78, 5) is 49.4. The number of primary amides is 1. The Morgan fingerprint density at radius 3 is 2.43 bits per heavy atom. The van der Waals surface area contributed by atoms with Gasteiger partial charge in [0.1, 0.15) is 29.5 Å². The summed E-state index contributed by atoms with van der Waals surface area (Å²) < 4.78 is 32.0. The molecule has 11 heteroatoms. The van der Waals surface area contributed by atoms with Gasteiger partial charge in [-0.1, -0.05) is 12.1 Å². The highest BCUT2D eigenvalue weighted by Crippen LogP contribution is 2.17. The van der Waals surface area contributed by atoms with Crippen molar-refractivity contribution in [3.05, 3.63) is 65.7 Å². The Bertz CT molecular complexity index is 1080. The minimum absolute atomic E-state index is 0.0151. The largest absolute Gasteiger partial charge is 0.484 e. The lowest BCUT2D eigenvalue weighted by Gasteiger charge is -2.23. The third-order valence-electron chi connectivity index (χ3n) is 5.51. The van der Waals surface area contributed by atoms with Crippen molar-refractivity contribution in [3.8, 4) is 5.75 Å². The maximum atomic E-state index is 13.7. The van der Waals surface area contributed by atoms with E-state index < -0.39 is 54.0 Å². The molecule has 0 aliphatic carbocycles. The van der Waals surface area contributed by atoms with Crippen molar-refractivity contribution in [2.45, 2.75) is 31.3 Å². The fourth-order valence-corrected chi connectivity index (χ4v) is 3.70. The van der Waals surface area contributed by atoms with Crippen LogP contribution in [0.25, 0.3) is 0 Å². The molecule has 35 heavy (non-hydrogen) atoms. The first-order valence-corrected chi connectivity index (χ1v) is 11.0. The lowest BCUT2D eigenvalue weighted by molar-refractivity contribution is -0.132. The first kappa shape index (κ1) is 25.6. The molecule has 1 fully saturated rings. The van der Waals surface area contributed by atoms with Crippen molar-refractivity contribution in [1.29, 1.82) is 0 Å². The average Bonchev–Trinajstić information content (AvgIpc) is 3.22. The molecule has 0 unspecified atom stereocenters. The van der Waals surface area contributed by atoms with Gasteiger partial charge in [-0.3, -0.25) is 19.2 Å². The number of halogens is 2. The summed E-state index contributed by atoms with van der Waals surface area (Å²) in [5.41, 5.74) is 5.86. The number of carbonyl (C=O) groups excluding carboxylic acids is 4. The number of nitrogens with two attached hydrogens (primary N) is 1. The number of rotatable bonds is 11. The molecule has 2 aromatic rings. The van der Waals surface area contributed by atoms with Gasteiger partial charge in [-0.05, 0) is 54.8 Å². The van der Waals surface area contributed by atoms with Crippen molar-refractivity contribution in [1.82, 2.24) is 16.0 Å². The topological polar surface area (TPSA) is 140 Å². The van der Waals surface area contributed by atoms with E-state index in [0.29, 0.717) is 18.5 Å². The van der Waals surface area contributed by atoms with E-state index in [-0.39, 0.29) is 24.5 Å². The Morgan fingerprint density at radius 2 is 1.80 bits per heavy atom. The Morgan fingerprint density at radius 1 is 1.06 bits per heavy atom. The van der Waals surface area contributed by atoms with Gasteiger partial charge in [0.25, 0.3) is 5.91 Å². The van der Waals surface area contributed by atoms with Crippen LogP contribution in [0.5, 0.6) is 5.75 Å². The van der Waals surface area contributed by atoms with Crippen LogP contribution in [0.4, 0.5) is 8.78 Å². The van der Waals surface area contributed by atoms with Crippen LogP contribution in [0.3, 0.4) is 0 Å². The van der Waals surface area contributed by atoms with Gasteiger partial charge in [-0.2, -0.15) is 0 Å². The molecule has 1 aliphatic rings. The van der Waals surface area contributed by atoms with Crippen LogP contribution < -0.4 is 26.4 Å². The minimum atomic E-state index is -1.19. The number of benzene rings is 2. The van der Waals surface area contributed by atoms with Crippen molar-refractivity contribution < 1.29 is 32.7 Å². The lowest BCUT2D eigenvalue weighted by Crippen LogP contribution is -2.54. The van der Waals surface area contributed by atoms with Crippen LogP contribution in [0.2, 0.25) is 0 Å². The summed E-state index contributed by atoms with van der Waals surface area (Å²) in [6.45, 7) is -0.00467. The molecular weight excluding hydrogens is 462 g/mol. The van der Waals surface area contributed by atoms with Gasteiger partial charge in [-0.25, -0.2) is 8.78 Å². The van der Waals surface area contributed by atoms with E-state index in [0.717, 1.165) is 0 Å². The van der Waals surface area contributed by atoms with Gasteiger partial charge in [0.05, 0.1) is 0 Å². The first-order chi connectivity index (χ1) is 16.7. The van der Waals surface area contributed by atoms with Crippen LogP contribution in [0.1, 0.15) is 18.4 Å². The number of hydrogen-bond acceptors (Lipinski definition) is 5. The van der Waals surface area contributed by atoms with Crippen molar-refractivity contribution in [2.75, 3.05) is 13.2 Å². The maximum absolute atomic E-state index is 13.7. The zero-order valence-corrected chi connectivity index (χ0v) is 18.8. The second kappa shape index (κ2) is 11.9. The fraction of sp³-hybridized carbons (Fsp3) is 0.333. The normalized spacial score (nSPS) is 16.6. The summed E-state index contributed by atoms with van der Waals surface area (Å²) in [5.74, 6) is -3.67. The molecule has 2 aromatic carbocycles. The molecule has 0 spiro atoms. The molecule has 0 radical (unpaired) electrons. The van der Waals surface area contributed by atoms with Gasteiger partial charge in [0, 0.05) is 18.9 Å². The van der Waals surface area contributed by atoms with Crippen LogP contribution in [0, 0.1) is 17.6 Å². The minimum Gasteiger partial charge on any atom is -0.484 e. The van der Waals surface area contributed by atoms with Gasteiger partial charge in [0.2, 0.25) is 17.7 Å². The highest BCUT2D eigenvalue weighted by molar-refractivity contribution is 5.92. The predicted octanol–water partition coefficient (Wildman–Crippen LogP) is 0.567. The quantitative estimate of drug-likeness (QED) is 0.366. The Kier molecular flexibility index (Phi) is 8.71. The number of nitrogens with one attached hydrogen (secondary N) is 3. The number of carbonyl (C=O) groups is 4. The van der Waals surface area contributed by atoms with E-state index in [4.69, 9.17) is 10.5 Å². The zero-order valence-electron chi connectivity index (χ0n) is 18.8. The Hall–Kier alpha value is -4.02. The highest BCUT2D eigenvalue weighted by Gasteiger charge is 2.32. The van der Waals surface area contributed by atoms with E-state index in [1.807, 2.05) is 0 Å². The van der Waals surface area contributed by atoms with E-state index in [9.17, 15) is 28.0 Å². The molecular formula is C24H26F2N4O5. The second-order valence-corrected chi connectivity index (χ2v) is 8.17. The second-order valence-electron chi connectivity index (χ2n) is 8.17. The summed E-state index contributed by atoms with van der Waals surface area (Å²) >= 11 is 0. The molecule has 186 valence electrons. The standard InChI is InChI=1S/C24H26F2N4O5/c25-16-4-6-18(7-5-16)35-13-21(31)29-20(11-14-2-1-3-17(26)10-14)24(34)30-19(22(27)32)12-15-8-9-28-23(15)33/h1-7,10,15,19-20H,8-9,11-13H2,(H2,27,32)(H,28,33)(H,29,31)(H,30,34)/t15-,19-,20-/m0/s1. The lowest BCUT2D eigenvalue weighted by atomic mass is 9.97. The van der Waals surface area contributed by atoms with Crippen LogP contribution in [-0.4, -0.2) is 48.9 Å². The zero-order chi connectivity index (χ0) is 25.4. The monoisotopic (exact) mass is 488 g/mol. The fourth-order valence-electron chi connectivity index (χ4n) is 3.70. The molecule has 1 heterocycles. The highest BCUT2D eigenvalue weighted by atomic mass is 19.1. The summed E-state index contributed by atoms with van der Waals surface area (Å²) in [5, 5.41) is 7.66. The molecule has 4 amide bonds. The smallest absolute Gasteiger partial charge is 0.258 e. The molecule has 0 bridgehead atoms. The molecule has 0 saturated carbocycles. The van der Waals surface area contributed by atoms with E-state index in [1.165, 1.54) is 42.5 Å². The molecule has 9 nitrogen and oxygen atoms in total. The van der Waals surface area contributed by atoms with Crippen molar-refractivity contribution in [3.63, 3.8) is 0 Å². The molecule has 1 saturated heterocycles. The van der Waals surface area contributed by atoms with E-state index in [2.05, 4.69) is 16.0 Å². The van der Waals surface area contributed by atoms with Gasteiger partial charge in [0.15, 0.2) is 6.61 Å². The third-order valence-corrected chi connectivity index (χ3v) is 5.51. The number of amides is 4. The van der Waals surface area contributed by atoms with Crippen molar-refractivity contribution >= 4 is 23.6 Å². The average molecular weight is 488 g/mol. The SMILES string of the molecule is NC(=O)[C@H](C[C@@H]1CCNC1=O)NC(=O)[C@H](Cc1cccc(F)c1)NC(=O)COc1ccc(F)cc1. The predicted molar refractivity (Wildman–Crippen MR) is 121 cm³/mol. The Balaban J connectivity index is 1.68. The van der Waals surface area contributed by atoms with Crippen molar-refractivity contribution in [2.24, 2.45) is 11.7 Å².